The van der Waals surface area contributed by atoms with Crippen LogP contribution in [0.5, 0.6) is 11.5 Å². The lowest BCUT2D eigenvalue weighted by Gasteiger charge is -2.39. The van der Waals surface area contributed by atoms with Gasteiger partial charge in [-0.05, 0) is 61.3 Å². The first-order valence-electron chi connectivity index (χ1n) is 14.3. The maximum atomic E-state index is 13.6. The van der Waals surface area contributed by atoms with E-state index in [0.717, 1.165) is 41.9 Å². The van der Waals surface area contributed by atoms with E-state index < -0.39 is 6.10 Å². The first kappa shape index (κ1) is 27.5. The van der Waals surface area contributed by atoms with Gasteiger partial charge in [0.15, 0.2) is 0 Å². The van der Waals surface area contributed by atoms with Gasteiger partial charge in [0.1, 0.15) is 11.5 Å². The van der Waals surface area contributed by atoms with Gasteiger partial charge in [-0.1, -0.05) is 30.3 Å². The number of rotatable bonds is 5. The Balaban J connectivity index is 1.32. The summed E-state index contributed by atoms with van der Waals surface area (Å²) < 4.78 is 11.6. The molecule has 0 saturated carbocycles. The van der Waals surface area contributed by atoms with Crippen molar-refractivity contribution in [1.82, 2.24) is 14.7 Å². The highest BCUT2D eigenvalue weighted by Crippen LogP contribution is 2.32. The van der Waals surface area contributed by atoms with Gasteiger partial charge >= 0.3 is 0 Å². The number of ether oxygens (including phenoxy) is 2. The first-order chi connectivity index (χ1) is 19.0. The number of β-amino-alcohol motifs (C(OH)–C–C–N with tert-alkyl or cyclic N) is 1. The van der Waals surface area contributed by atoms with Crippen LogP contribution in [-0.4, -0.2) is 84.2 Å². The number of aliphatic hydroxyl groups is 1. The van der Waals surface area contributed by atoms with Crippen molar-refractivity contribution in [2.45, 2.75) is 51.3 Å². The van der Waals surface area contributed by atoms with Crippen LogP contribution in [0.15, 0.2) is 48.5 Å². The Bertz CT molecular complexity index is 1120. The zero-order valence-corrected chi connectivity index (χ0v) is 23.0. The van der Waals surface area contributed by atoms with E-state index in [-0.39, 0.29) is 23.7 Å². The molecule has 39 heavy (non-hydrogen) atoms. The summed E-state index contributed by atoms with van der Waals surface area (Å²) in [5, 5.41) is 9.87. The van der Waals surface area contributed by atoms with Crippen molar-refractivity contribution in [3.05, 3.63) is 59.7 Å². The van der Waals surface area contributed by atoms with E-state index in [9.17, 15) is 14.7 Å². The summed E-state index contributed by atoms with van der Waals surface area (Å²) >= 11 is 0. The SMILES string of the molecule is COc1ccc(CN2CC(=O)N3CC[C@@H](CC(=O)N4CC[C@@H](O)C4)[C@@H](CCCOc4ccccc4C2)C3)cc1. The van der Waals surface area contributed by atoms with Gasteiger partial charge in [-0.15, -0.1) is 0 Å². The molecule has 0 aromatic heterocycles. The average Bonchev–Trinajstić information content (AvgIpc) is 3.39. The Hall–Kier alpha value is -3.10. The molecule has 5 rings (SSSR count). The van der Waals surface area contributed by atoms with Gasteiger partial charge in [0.05, 0.1) is 26.4 Å². The number of methoxy groups -OCH3 is 1. The quantitative estimate of drug-likeness (QED) is 0.633. The smallest absolute Gasteiger partial charge is 0.236 e. The molecule has 2 amide bonds. The molecule has 3 heterocycles. The monoisotopic (exact) mass is 535 g/mol. The van der Waals surface area contributed by atoms with Gasteiger partial charge in [0.25, 0.3) is 0 Å². The molecule has 3 aliphatic rings. The summed E-state index contributed by atoms with van der Waals surface area (Å²) in [6.07, 6.45) is 3.38. The fraction of sp³-hybridized carbons (Fsp3) is 0.548. The van der Waals surface area contributed by atoms with Gasteiger partial charge in [-0.25, -0.2) is 0 Å². The molecule has 3 aliphatic heterocycles. The molecule has 2 aromatic rings. The van der Waals surface area contributed by atoms with E-state index in [1.807, 2.05) is 47.4 Å². The summed E-state index contributed by atoms with van der Waals surface area (Å²) in [4.78, 5) is 32.6. The molecule has 2 aromatic carbocycles. The zero-order valence-electron chi connectivity index (χ0n) is 23.0. The third-order valence-electron chi connectivity index (χ3n) is 8.46. The van der Waals surface area contributed by atoms with E-state index in [4.69, 9.17) is 9.47 Å². The van der Waals surface area contributed by atoms with Crippen molar-refractivity contribution in [2.24, 2.45) is 11.8 Å². The van der Waals surface area contributed by atoms with Crippen molar-refractivity contribution >= 4 is 11.8 Å². The molecule has 2 saturated heterocycles. The molecule has 1 N–H and O–H groups in total. The van der Waals surface area contributed by atoms with Crippen LogP contribution >= 0.6 is 0 Å². The van der Waals surface area contributed by atoms with Crippen LogP contribution in [-0.2, 0) is 22.7 Å². The molecule has 3 atom stereocenters. The fourth-order valence-electron chi connectivity index (χ4n) is 6.22. The Morgan fingerprint density at radius 2 is 1.85 bits per heavy atom. The van der Waals surface area contributed by atoms with Crippen LogP contribution < -0.4 is 9.47 Å². The Morgan fingerprint density at radius 3 is 2.62 bits per heavy atom. The number of hydrogen-bond acceptors (Lipinski definition) is 6. The number of hydrogen-bond donors (Lipinski definition) is 1. The summed E-state index contributed by atoms with van der Waals surface area (Å²) in [6.45, 7) is 4.63. The molecule has 0 unspecified atom stereocenters. The minimum absolute atomic E-state index is 0.134. The number of carbonyl (C=O) groups is 2. The number of aliphatic hydroxyl groups excluding tert-OH is 1. The number of benzene rings is 2. The van der Waals surface area contributed by atoms with E-state index >= 15 is 0 Å². The topological polar surface area (TPSA) is 82.6 Å². The lowest BCUT2D eigenvalue weighted by Crippen LogP contribution is -2.48. The van der Waals surface area contributed by atoms with Crippen molar-refractivity contribution in [3.63, 3.8) is 0 Å². The van der Waals surface area contributed by atoms with Gasteiger partial charge in [0, 0.05) is 51.3 Å². The van der Waals surface area contributed by atoms with Crippen LogP contribution in [0.25, 0.3) is 0 Å². The van der Waals surface area contributed by atoms with Crippen LogP contribution in [0.2, 0.25) is 0 Å². The number of likely N-dealkylation sites (tertiary alicyclic amines) is 1. The molecule has 2 fully saturated rings. The highest BCUT2D eigenvalue weighted by Gasteiger charge is 2.35. The molecule has 0 radical (unpaired) electrons. The average molecular weight is 536 g/mol. The highest BCUT2D eigenvalue weighted by molar-refractivity contribution is 5.79. The van der Waals surface area contributed by atoms with Crippen LogP contribution in [0.3, 0.4) is 0 Å². The molecule has 0 aliphatic carbocycles. The number of para-hydroxylation sites is 1. The minimum atomic E-state index is -0.403. The van der Waals surface area contributed by atoms with Crippen molar-refractivity contribution < 1.29 is 24.2 Å². The van der Waals surface area contributed by atoms with Crippen molar-refractivity contribution in [1.29, 1.82) is 0 Å². The number of carbonyl (C=O) groups excluding carboxylic acids is 2. The second-order valence-electron chi connectivity index (χ2n) is 11.2. The third kappa shape index (κ3) is 7.11. The van der Waals surface area contributed by atoms with Gasteiger partial charge in [-0.3, -0.25) is 14.5 Å². The maximum absolute atomic E-state index is 13.6. The lowest BCUT2D eigenvalue weighted by molar-refractivity contribution is -0.136. The number of amides is 2. The molecule has 2 bridgehead atoms. The molecular formula is C31H41N3O5. The van der Waals surface area contributed by atoms with Gasteiger partial charge < -0.3 is 24.4 Å². The molecular weight excluding hydrogens is 494 g/mol. The Morgan fingerprint density at radius 1 is 1.03 bits per heavy atom. The predicted molar refractivity (Wildman–Crippen MR) is 148 cm³/mol. The number of nitrogens with zero attached hydrogens (tertiary/aromatic N) is 3. The minimum Gasteiger partial charge on any atom is -0.497 e. The Kier molecular flexibility index (Phi) is 9.04. The van der Waals surface area contributed by atoms with Crippen molar-refractivity contribution in [3.8, 4) is 11.5 Å². The second-order valence-corrected chi connectivity index (χ2v) is 11.2. The summed E-state index contributed by atoms with van der Waals surface area (Å²) in [7, 11) is 1.66. The predicted octanol–water partition coefficient (Wildman–Crippen LogP) is 3.32. The Labute approximate surface area is 231 Å². The fourth-order valence-corrected chi connectivity index (χ4v) is 6.22. The maximum Gasteiger partial charge on any atom is 0.236 e. The molecule has 8 heteroatoms. The normalized spacial score (nSPS) is 24.7. The first-order valence-corrected chi connectivity index (χ1v) is 14.3. The molecule has 0 spiro atoms. The summed E-state index contributed by atoms with van der Waals surface area (Å²) in [6, 6.07) is 16.1. The lowest BCUT2D eigenvalue weighted by atomic mass is 9.80. The van der Waals surface area contributed by atoms with Crippen molar-refractivity contribution in [2.75, 3.05) is 46.4 Å². The summed E-state index contributed by atoms with van der Waals surface area (Å²) in [5.41, 5.74) is 2.20. The van der Waals surface area contributed by atoms with E-state index in [1.165, 1.54) is 0 Å². The largest absolute Gasteiger partial charge is 0.497 e. The van der Waals surface area contributed by atoms with Gasteiger partial charge in [0.2, 0.25) is 11.8 Å². The zero-order chi connectivity index (χ0) is 27.2. The highest BCUT2D eigenvalue weighted by atomic mass is 16.5. The molecule has 8 nitrogen and oxygen atoms in total. The standard InChI is InChI=1S/C31H41N3O5/c1-38-28-10-8-23(9-11-28)18-32-19-26-5-2-3-7-29(26)39-16-4-6-25-20-33(31(37)22-32)14-12-24(25)17-30(36)34-15-13-27(35)21-34/h2-3,5,7-11,24-25,27,35H,4,6,12-22H2,1H3/t24-,25-,27+/m0/s1. The number of fused-ring (bicyclic) bond motifs is 3. The number of piperidine rings is 1. The third-order valence-corrected chi connectivity index (χ3v) is 8.46. The van der Waals surface area contributed by atoms with Crippen LogP contribution in [0, 0.1) is 11.8 Å². The van der Waals surface area contributed by atoms with Gasteiger partial charge in [-0.2, -0.15) is 0 Å². The second kappa shape index (κ2) is 12.8. The van der Waals surface area contributed by atoms with E-state index in [1.54, 1.807) is 12.0 Å². The summed E-state index contributed by atoms with van der Waals surface area (Å²) in [5.74, 6) is 2.45. The van der Waals surface area contributed by atoms with E-state index in [0.29, 0.717) is 65.3 Å². The van der Waals surface area contributed by atoms with E-state index in [2.05, 4.69) is 11.0 Å². The van der Waals surface area contributed by atoms with Crippen LogP contribution in [0.4, 0.5) is 0 Å². The molecule has 210 valence electrons. The van der Waals surface area contributed by atoms with Crippen LogP contribution in [0.1, 0.15) is 43.2 Å².